The van der Waals surface area contributed by atoms with Crippen LogP contribution in [0.4, 0.5) is 4.39 Å². The van der Waals surface area contributed by atoms with Crippen LogP contribution < -0.4 is 0 Å². The van der Waals surface area contributed by atoms with Crippen LogP contribution in [-0.2, 0) is 5.41 Å². The number of phenols is 1. The number of rotatable bonds is 2. The monoisotopic (exact) mass is 232 g/mol. The van der Waals surface area contributed by atoms with Crippen LogP contribution in [0.25, 0.3) is 0 Å². The van der Waals surface area contributed by atoms with E-state index in [0.717, 1.165) is 6.07 Å². The molecule has 4 heteroatoms. The van der Waals surface area contributed by atoms with E-state index in [0.29, 0.717) is 11.1 Å². The molecule has 15 heavy (non-hydrogen) atoms. The molecule has 1 aromatic carbocycles. The quantitative estimate of drug-likeness (QED) is 0.823. The fourth-order valence-corrected chi connectivity index (χ4v) is 1.80. The number of phenolic OH excluding ortho intramolecular Hbond substituents is 1. The molecule has 0 saturated carbocycles. The summed E-state index contributed by atoms with van der Waals surface area (Å²) in [5, 5.41) is 19.1. The average molecular weight is 233 g/mol. The number of halogens is 2. The second-order valence-corrected chi connectivity index (χ2v) is 4.64. The first-order valence-corrected chi connectivity index (χ1v) is 4.98. The summed E-state index contributed by atoms with van der Waals surface area (Å²) in [5.41, 5.74) is 0.226. The van der Waals surface area contributed by atoms with Crippen molar-refractivity contribution >= 4 is 11.6 Å². The molecule has 2 nitrogen and oxygen atoms in total. The number of aromatic hydroxyl groups is 1. The second-order valence-electron chi connectivity index (χ2n) is 4.23. The normalized spacial score (nSPS) is 11.9. The van der Waals surface area contributed by atoms with Gasteiger partial charge in [0.1, 0.15) is 0 Å². The molecule has 0 aliphatic rings. The van der Waals surface area contributed by atoms with Gasteiger partial charge in [-0.15, -0.1) is 0 Å². The van der Waals surface area contributed by atoms with Crippen LogP contribution >= 0.6 is 11.6 Å². The Morgan fingerprint density at radius 1 is 1.47 bits per heavy atom. The molecule has 0 saturated heterocycles. The third-order valence-electron chi connectivity index (χ3n) is 2.52. The zero-order valence-corrected chi connectivity index (χ0v) is 9.69. The molecule has 0 aromatic heterocycles. The van der Waals surface area contributed by atoms with Crippen molar-refractivity contribution < 1.29 is 14.6 Å². The van der Waals surface area contributed by atoms with Crippen LogP contribution in [0.3, 0.4) is 0 Å². The van der Waals surface area contributed by atoms with Crippen molar-refractivity contribution in [3.05, 3.63) is 28.0 Å². The Bertz CT molecular complexity index is 362. The number of hydrogen-bond acceptors (Lipinski definition) is 2. The Labute approximate surface area is 93.3 Å². The Morgan fingerprint density at radius 2 is 2.00 bits per heavy atom. The first-order valence-electron chi connectivity index (χ1n) is 4.60. The lowest BCUT2D eigenvalue weighted by atomic mass is 9.82. The van der Waals surface area contributed by atoms with Gasteiger partial charge in [0, 0.05) is 16.0 Å². The summed E-state index contributed by atoms with van der Waals surface area (Å²) in [6, 6.07) is 1.07. The molecular formula is C11H14ClFO2. The number of benzene rings is 1. The third-order valence-corrected chi connectivity index (χ3v) is 2.91. The van der Waals surface area contributed by atoms with Crippen LogP contribution in [0.2, 0.25) is 5.02 Å². The predicted octanol–water partition coefficient (Wildman–Crippen LogP) is 2.76. The van der Waals surface area contributed by atoms with E-state index < -0.39 is 17.0 Å². The summed E-state index contributed by atoms with van der Waals surface area (Å²) in [7, 11) is 0. The lowest BCUT2D eigenvalue weighted by Gasteiger charge is -2.26. The van der Waals surface area contributed by atoms with Crippen LogP contribution in [0.1, 0.15) is 25.0 Å². The van der Waals surface area contributed by atoms with Gasteiger partial charge in [0.15, 0.2) is 11.6 Å². The second kappa shape index (κ2) is 3.99. The molecule has 0 aliphatic heterocycles. The summed E-state index contributed by atoms with van der Waals surface area (Å²) in [6.07, 6.45) is 0. The smallest absolute Gasteiger partial charge is 0.166 e. The van der Waals surface area contributed by atoms with Gasteiger partial charge in [-0.2, -0.15) is 0 Å². The highest BCUT2D eigenvalue weighted by atomic mass is 35.5. The van der Waals surface area contributed by atoms with E-state index in [2.05, 4.69) is 0 Å². The van der Waals surface area contributed by atoms with Gasteiger partial charge in [-0.05, 0) is 18.6 Å². The molecule has 84 valence electrons. The number of hydrogen-bond donors (Lipinski definition) is 2. The molecule has 0 atom stereocenters. The van der Waals surface area contributed by atoms with Crippen LogP contribution in [0.5, 0.6) is 5.75 Å². The van der Waals surface area contributed by atoms with Gasteiger partial charge in [0.05, 0.1) is 6.61 Å². The Hall–Kier alpha value is -0.800. The minimum atomic E-state index is -0.762. The first kappa shape index (κ1) is 12.3. The third kappa shape index (κ3) is 2.08. The number of aliphatic hydroxyl groups excluding tert-OH is 1. The van der Waals surface area contributed by atoms with Gasteiger partial charge in [-0.3, -0.25) is 0 Å². The van der Waals surface area contributed by atoms with E-state index in [1.165, 1.54) is 0 Å². The lowest BCUT2D eigenvalue weighted by molar-refractivity contribution is 0.214. The van der Waals surface area contributed by atoms with Crippen LogP contribution in [0, 0.1) is 12.7 Å². The predicted molar refractivity (Wildman–Crippen MR) is 57.9 cm³/mol. The minimum absolute atomic E-state index is 0.193. The molecule has 0 unspecified atom stereocenters. The molecule has 0 fully saturated rings. The van der Waals surface area contributed by atoms with Crippen molar-refractivity contribution in [1.29, 1.82) is 0 Å². The average Bonchev–Trinajstić information content (AvgIpc) is 2.15. The van der Waals surface area contributed by atoms with Gasteiger partial charge in [0.25, 0.3) is 0 Å². The summed E-state index contributed by atoms with van der Waals surface area (Å²) in [4.78, 5) is 0. The SMILES string of the molecule is Cc1c(Cl)cc(F)c(O)c1C(C)(C)CO. The highest BCUT2D eigenvalue weighted by molar-refractivity contribution is 6.31. The molecule has 1 rings (SSSR count). The topological polar surface area (TPSA) is 40.5 Å². The zero-order chi connectivity index (χ0) is 11.8. The maximum Gasteiger partial charge on any atom is 0.166 e. The Balaban J connectivity index is 3.53. The molecule has 2 N–H and O–H groups in total. The van der Waals surface area contributed by atoms with E-state index >= 15 is 0 Å². The van der Waals surface area contributed by atoms with E-state index in [9.17, 15) is 14.6 Å². The van der Waals surface area contributed by atoms with Gasteiger partial charge in [-0.1, -0.05) is 25.4 Å². The van der Waals surface area contributed by atoms with Crippen molar-refractivity contribution in [2.75, 3.05) is 6.61 Å². The lowest BCUT2D eigenvalue weighted by Crippen LogP contribution is -2.24. The molecule has 0 heterocycles. The largest absolute Gasteiger partial charge is 0.505 e. The summed E-state index contributed by atoms with van der Waals surface area (Å²) < 4.78 is 13.3. The summed E-state index contributed by atoms with van der Waals surface area (Å²) >= 11 is 5.82. The van der Waals surface area contributed by atoms with E-state index in [4.69, 9.17) is 11.6 Å². The first-order chi connectivity index (χ1) is 6.81. The van der Waals surface area contributed by atoms with Crippen molar-refractivity contribution in [2.24, 2.45) is 0 Å². The molecule has 0 bridgehead atoms. The Morgan fingerprint density at radius 3 is 2.47 bits per heavy atom. The zero-order valence-electron chi connectivity index (χ0n) is 8.93. The molecule has 1 aromatic rings. The van der Waals surface area contributed by atoms with Crippen molar-refractivity contribution in [3.8, 4) is 5.75 Å². The number of aliphatic hydroxyl groups is 1. The van der Waals surface area contributed by atoms with Crippen molar-refractivity contribution in [3.63, 3.8) is 0 Å². The fraction of sp³-hybridized carbons (Fsp3) is 0.455. The molecule has 0 amide bonds. The summed E-state index contributed by atoms with van der Waals surface area (Å²) in [5.74, 6) is -1.20. The maximum atomic E-state index is 13.3. The Kier molecular flexibility index (Phi) is 3.26. The van der Waals surface area contributed by atoms with Gasteiger partial charge in [-0.25, -0.2) is 4.39 Å². The molecular weight excluding hydrogens is 219 g/mol. The summed E-state index contributed by atoms with van der Waals surface area (Å²) in [6.45, 7) is 4.92. The highest BCUT2D eigenvalue weighted by Crippen LogP contribution is 2.38. The van der Waals surface area contributed by atoms with Gasteiger partial charge >= 0.3 is 0 Å². The van der Waals surface area contributed by atoms with E-state index in [1.807, 2.05) is 0 Å². The van der Waals surface area contributed by atoms with Crippen molar-refractivity contribution in [1.82, 2.24) is 0 Å². The minimum Gasteiger partial charge on any atom is -0.505 e. The van der Waals surface area contributed by atoms with E-state index in [-0.39, 0.29) is 11.6 Å². The molecule has 0 aliphatic carbocycles. The van der Waals surface area contributed by atoms with Gasteiger partial charge in [0.2, 0.25) is 0 Å². The maximum absolute atomic E-state index is 13.3. The van der Waals surface area contributed by atoms with Crippen LogP contribution in [0.15, 0.2) is 6.07 Å². The standard InChI is InChI=1S/C11H14ClFO2/c1-6-7(12)4-8(13)10(15)9(6)11(2,3)5-14/h4,14-15H,5H2,1-3H3. The molecule has 0 radical (unpaired) electrons. The van der Waals surface area contributed by atoms with Crippen LogP contribution in [-0.4, -0.2) is 16.8 Å². The molecule has 0 spiro atoms. The van der Waals surface area contributed by atoms with Gasteiger partial charge < -0.3 is 10.2 Å². The van der Waals surface area contributed by atoms with Crippen molar-refractivity contribution in [2.45, 2.75) is 26.2 Å². The fourth-order valence-electron chi connectivity index (χ4n) is 1.61. The van der Waals surface area contributed by atoms with E-state index in [1.54, 1.807) is 20.8 Å². The highest BCUT2D eigenvalue weighted by Gasteiger charge is 2.28.